The van der Waals surface area contributed by atoms with Gasteiger partial charge in [-0.3, -0.25) is 0 Å². The van der Waals surface area contributed by atoms with E-state index in [0.717, 1.165) is 62.2 Å². The normalized spacial score (nSPS) is 28.4. The molecule has 0 aliphatic carbocycles. The summed E-state index contributed by atoms with van der Waals surface area (Å²) in [4.78, 5) is 6.98. The molecule has 5 nitrogen and oxygen atoms in total. The minimum atomic E-state index is 0.722. The van der Waals surface area contributed by atoms with E-state index in [0.29, 0.717) is 0 Å². The minimum Gasteiger partial charge on any atom is -0.339 e. The van der Waals surface area contributed by atoms with Crippen molar-refractivity contribution in [2.75, 3.05) is 19.6 Å². The lowest BCUT2D eigenvalue weighted by Gasteiger charge is -2.28. The quantitative estimate of drug-likeness (QED) is 0.833. The van der Waals surface area contributed by atoms with Crippen LogP contribution >= 0.6 is 0 Å². The smallest absolute Gasteiger partial charge is 0.226 e. The van der Waals surface area contributed by atoms with Gasteiger partial charge >= 0.3 is 0 Å². The van der Waals surface area contributed by atoms with E-state index in [1.807, 2.05) is 0 Å². The third-order valence-electron chi connectivity index (χ3n) is 5.09. The molecule has 2 saturated heterocycles. The third-order valence-corrected chi connectivity index (χ3v) is 5.09. The second-order valence-corrected chi connectivity index (χ2v) is 6.56. The number of nitrogens with one attached hydrogen (secondary N) is 1. The average molecular weight is 292 g/mol. The van der Waals surface area contributed by atoms with Crippen molar-refractivity contribution in [1.82, 2.24) is 20.4 Å². The lowest BCUT2D eigenvalue weighted by molar-refractivity contribution is 0.269. The minimum absolute atomic E-state index is 0.722. The van der Waals surface area contributed by atoms with Crippen LogP contribution in [-0.4, -0.2) is 46.8 Å². The second kappa shape index (κ2) is 6.88. The zero-order chi connectivity index (χ0) is 14.7. The highest BCUT2D eigenvalue weighted by molar-refractivity contribution is 4.96. The summed E-state index contributed by atoms with van der Waals surface area (Å²) >= 11 is 0. The van der Waals surface area contributed by atoms with Crippen LogP contribution in [0.25, 0.3) is 0 Å². The Morgan fingerprint density at radius 2 is 1.90 bits per heavy atom. The van der Waals surface area contributed by atoms with E-state index in [4.69, 9.17) is 4.52 Å². The van der Waals surface area contributed by atoms with Crippen LogP contribution in [0.3, 0.4) is 0 Å². The van der Waals surface area contributed by atoms with Gasteiger partial charge in [0, 0.05) is 31.5 Å². The Balaban J connectivity index is 1.48. The maximum Gasteiger partial charge on any atom is 0.226 e. The van der Waals surface area contributed by atoms with Gasteiger partial charge in [0.25, 0.3) is 0 Å². The third kappa shape index (κ3) is 3.83. The molecule has 0 amide bonds. The van der Waals surface area contributed by atoms with Gasteiger partial charge in [-0.05, 0) is 44.7 Å². The molecule has 2 aliphatic heterocycles. The highest BCUT2D eigenvalue weighted by atomic mass is 16.5. The molecule has 2 fully saturated rings. The van der Waals surface area contributed by atoms with Gasteiger partial charge in [-0.2, -0.15) is 4.98 Å². The molecule has 0 spiro atoms. The fraction of sp³-hybridized carbons (Fsp3) is 0.875. The number of likely N-dealkylation sites (N-methyl/N-ethyl adjacent to an activating group) is 1. The van der Waals surface area contributed by atoms with Crippen LogP contribution in [-0.2, 0) is 12.8 Å². The van der Waals surface area contributed by atoms with Crippen molar-refractivity contribution < 1.29 is 4.52 Å². The molecule has 2 atom stereocenters. The molecule has 21 heavy (non-hydrogen) atoms. The largest absolute Gasteiger partial charge is 0.339 e. The lowest BCUT2D eigenvalue weighted by atomic mass is 9.90. The first-order valence-electron chi connectivity index (χ1n) is 8.56. The fourth-order valence-corrected chi connectivity index (χ4v) is 3.86. The Kier molecular flexibility index (Phi) is 4.91. The maximum atomic E-state index is 5.46. The predicted molar refractivity (Wildman–Crippen MR) is 82.2 cm³/mol. The number of aromatic nitrogens is 2. The number of rotatable bonds is 7. The van der Waals surface area contributed by atoms with Crippen molar-refractivity contribution in [3.8, 4) is 0 Å². The summed E-state index contributed by atoms with van der Waals surface area (Å²) in [5, 5.41) is 7.83. The summed E-state index contributed by atoms with van der Waals surface area (Å²) in [5.74, 6) is 2.43. The van der Waals surface area contributed by atoms with Crippen LogP contribution in [0.4, 0.5) is 0 Å². The molecule has 1 aromatic heterocycles. The van der Waals surface area contributed by atoms with Crippen LogP contribution in [0.2, 0.25) is 0 Å². The highest BCUT2D eigenvalue weighted by Crippen LogP contribution is 2.32. The molecule has 5 heteroatoms. The van der Waals surface area contributed by atoms with Gasteiger partial charge in [-0.25, -0.2) is 0 Å². The van der Waals surface area contributed by atoms with Gasteiger partial charge < -0.3 is 14.7 Å². The Bertz CT molecular complexity index is 431. The SMILES string of the molecule is CCN(CC)CCc1noc(CC2CC3CCC(C2)N3)n1. The summed E-state index contributed by atoms with van der Waals surface area (Å²) in [6, 6.07) is 1.47. The van der Waals surface area contributed by atoms with Gasteiger partial charge in [0.2, 0.25) is 5.89 Å². The summed E-state index contributed by atoms with van der Waals surface area (Å²) in [5.41, 5.74) is 0. The number of hydrogen-bond acceptors (Lipinski definition) is 5. The summed E-state index contributed by atoms with van der Waals surface area (Å²) in [7, 11) is 0. The number of piperidine rings is 1. The van der Waals surface area contributed by atoms with Crippen LogP contribution in [0.15, 0.2) is 4.52 Å². The molecular weight excluding hydrogens is 264 g/mol. The van der Waals surface area contributed by atoms with E-state index in [1.54, 1.807) is 0 Å². The summed E-state index contributed by atoms with van der Waals surface area (Å²) < 4.78 is 5.46. The van der Waals surface area contributed by atoms with Crippen molar-refractivity contribution >= 4 is 0 Å². The molecule has 118 valence electrons. The van der Waals surface area contributed by atoms with Gasteiger partial charge in [0.05, 0.1) is 0 Å². The van der Waals surface area contributed by atoms with Gasteiger partial charge in [-0.15, -0.1) is 0 Å². The average Bonchev–Trinajstić information content (AvgIpc) is 3.07. The van der Waals surface area contributed by atoms with Crippen LogP contribution in [0, 0.1) is 5.92 Å². The van der Waals surface area contributed by atoms with Gasteiger partial charge in [0.15, 0.2) is 5.82 Å². The molecule has 3 heterocycles. The molecule has 2 unspecified atom stereocenters. The highest BCUT2D eigenvalue weighted by Gasteiger charge is 2.34. The van der Waals surface area contributed by atoms with E-state index in [9.17, 15) is 0 Å². The molecule has 1 N–H and O–H groups in total. The topological polar surface area (TPSA) is 54.2 Å². The van der Waals surface area contributed by atoms with Gasteiger partial charge in [0.1, 0.15) is 0 Å². The zero-order valence-corrected chi connectivity index (χ0v) is 13.3. The monoisotopic (exact) mass is 292 g/mol. The Morgan fingerprint density at radius 1 is 1.19 bits per heavy atom. The van der Waals surface area contributed by atoms with Crippen molar-refractivity contribution in [3.05, 3.63) is 11.7 Å². The number of hydrogen-bond donors (Lipinski definition) is 1. The molecule has 0 saturated carbocycles. The Hall–Kier alpha value is -0.940. The number of fused-ring (bicyclic) bond motifs is 2. The summed E-state index contributed by atoms with van der Waals surface area (Å²) in [6.45, 7) is 7.56. The van der Waals surface area contributed by atoms with E-state index >= 15 is 0 Å². The Labute approximate surface area is 127 Å². The first-order valence-corrected chi connectivity index (χ1v) is 8.56. The van der Waals surface area contributed by atoms with Crippen molar-refractivity contribution in [2.24, 2.45) is 5.92 Å². The lowest BCUT2D eigenvalue weighted by Crippen LogP contribution is -2.38. The zero-order valence-electron chi connectivity index (χ0n) is 13.3. The maximum absolute atomic E-state index is 5.46. The second-order valence-electron chi connectivity index (χ2n) is 6.56. The van der Waals surface area contributed by atoms with E-state index in [-0.39, 0.29) is 0 Å². The molecule has 2 aliphatic rings. The Morgan fingerprint density at radius 3 is 2.57 bits per heavy atom. The van der Waals surface area contributed by atoms with Crippen molar-refractivity contribution in [1.29, 1.82) is 0 Å². The first kappa shape index (κ1) is 15.0. The first-order chi connectivity index (χ1) is 10.3. The standard InChI is InChI=1S/C16H28N4O/c1-3-20(4-2)8-7-15-18-16(21-19-15)11-12-9-13-5-6-14(10-12)17-13/h12-14,17H,3-11H2,1-2H3. The van der Waals surface area contributed by atoms with Gasteiger partial charge in [-0.1, -0.05) is 19.0 Å². The molecule has 0 radical (unpaired) electrons. The molecule has 1 aromatic rings. The molecular formula is C16H28N4O. The van der Waals surface area contributed by atoms with Crippen LogP contribution < -0.4 is 5.32 Å². The van der Waals surface area contributed by atoms with Crippen LogP contribution in [0.5, 0.6) is 0 Å². The molecule has 2 bridgehead atoms. The van der Waals surface area contributed by atoms with Crippen molar-refractivity contribution in [3.63, 3.8) is 0 Å². The van der Waals surface area contributed by atoms with E-state index in [1.165, 1.54) is 25.7 Å². The van der Waals surface area contributed by atoms with Crippen LogP contribution in [0.1, 0.15) is 51.2 Å². The molecule has 3 rings (SSSR count). The number of nitrogens with zero attached hydrogens (tertiary/aromatic N) is 3. The summed E-state index contributed by atoms with van der Waals surface area (Å²) in [6.07, 6.45) is 7.09. The van der Waals surface area contributed by atoms with Crippen molar-refractivity contribution in [2.45, 2.75) is 64.5 Å². The molecule has 0 aromatic carbocycles. The fourth-order valence-electron chi connectivity index (χ4n) is 3.86. The van der Waals surface area contributed by atoms with E-state index in [2.05, 4.69) is 34.2 Å². The predicted octanol–water partition coefficient (Wildman–Crippen LogP) is 2.03. The van der Waals surface area contributed by atoms with E-state index < -0.39 is 0 Å².